The van der Waals surface area contributed by atoms with Crippen molar-refractivity contribution in [1.82, 2.24) is 45.2 Å². The second-order valence-electron chi connectivity index (χ2n) is 9.03. The van der Waals surface area contributed by atoms with Crippen LogP contribution in [0.5, 0.6) is 0 Å². The number of aliphatic carboxylic acids is 2. The van der Waals surface area contributed by atoms with Crippen LogP contribution in [0.15, 0.2) is 47.9 Å². The van der Waals surface area contributed by atoms with Crippen LogP contribution in [0.25, 0.3) is 22.3 Å². The summed E-state index contributed by atoms with van der Waals surface area (Å²) < 4.78 is 0. The summed E-state index contributed by atoms with van der Waals surface area (Å²) in [4.78, 5) is 76.3. The predicted molar refractivity (Wildman–Crippen MR) is 153 cm³/mol. The van der Waals surface area contributed by atoms with Crippen LogP contribution < -0.4 is 27.2 Å². The van der Waals surface area contributed by atoms with Gasteiger partial charge in [-0.2, -0.15) is 9.97 Å². The molecule has 0 saturated heterocycles. The summed E-state index contributed by atoms with van der Waals surface area (Å²) in [6, 6.07) is 5.16. The number of carboxylic acid groups (broad SMARTS) is 2. The Morgan fingerprint density at radius 2 is 1.67 bits per heavy atom. The monoisotopic (exact) mass is 590 g/mol. The van der Waals surface area contributed by atoms with Gasteiger partial charge in [0, 0.05) is 24.7 Å². The number of amides is 1. The Balaban J connectivity index is 0.000000353. The van der Waals surface area contributed by atoms with E-state index < -0.39 is 23.9 Å². The van der Waals surface area contributed by atoms with E-state index in [9.17, 15) is 24.3 Å². The van der Waals surface area contributed by atoms with E-state index in [-0.39, 0.29) is 35.7 Å². The van der Waals surface area contributed by atoms with E-state index in [1.165, 1.54) is 24.8 Å². The number of aromatic amines is 2. The number of carboxylic acids is 2. The van der Waals surface area contributed by atoms with Gasteiger partial charge >= 0.3 is 11.9 Å². The molecule has 1 amide bonds. The Bertz CT molecular complexity index is 1840. The van der Waals surface area contributed by atoms with Crippen molar-refractivity contribution in [3.63, 3.8) is 0 Å². The van der Waals surface area contributed by atoms with E-state index >= 15 is 0 Å². The minimum atomic E-state index is -1.30. The summed E-state index contributed by atoms with van der Waals surface area (Å²) in [6.45, 7) is 0.370. The summed E-state index contributed by atoms with van der Waals surface area (Å²) in [5.74, 6) is -2.91. The number of nitrogens with two attached hydrogens (primary N) is 2. The largest absolute Gasteiger partial charge is 0.481 e. The molecular weight excluding hydrogens is 564 g/mol. The topological polar surface area (TPSA) is 285 Å². The molecule has 0 bridgehead atoms. The smallest absolute Gasteiger partial charge is 0.326 e. The van der Waals surface area contributed by atoms with Crippen LogP contribution in [-0.2, 0) is 16.1 Å². The second-order valence-corrected chi connectivity index (χ2v) is 9.03. The van der Waals surface area contributed by atoms with Crippen LogP contribution >= 0.6 is 0 Å². The lowest BCUT2D eigenvalue weighted by Crippen LogP contribution is -2.41. The fourth-order valence-corrected chi connectivity index (χ4v) is 3.80. The molecule has 0 unspecified atom stereocenters. The minimum absolute atomic E-state index is 0.0138. The highest BCUT2D eigenvalue weighted by Gasteiger charge is 2.21. The number of anilines is 3. The van der Waals surface area contributed by atoms with Crippen molar-refractivity contribution in [2.75, 3.05) is 23.4 Å². The summed E-state index contributed by atoms with van der Waals surface area (Å²) in [5, 5.41) is 20.2. The Hall–Kier alpha value is -6.20. The van der Waals surface area contributed by atoms with Gasteiger partial charge < -0.3 is 41.9 Å². The van der Waals surface area contributed by atoms with Gasteiger partial charge in [-0.05, 0) is 30.7 Å². The molecule has 1 aromatic carbocycles. The first kappa shape index (κ1) is 29.8. The molecule has 18 nitrogen and oxygen atoms in total. The third kappa shape index (κ3) is 7.51. The minimum Gasteiger partial charge on any atom is -0.481 e. The number of fused-ring (bicyclic) bond motifs is 2. The molecule has 9 N–H and O–H groups in total. The molecule has 0 saturated carbocycles. The third-order valence-electron chi connectivity index (χ3n) is 5.95. The van der Waals surface area contributed by atoms with Crippen LogP contribution in [0.1, 0.15) is 28.9 Å². The van der Waals surface area contributed by atoms with Crippen LogP contribution in [0, 0.1) is 0 Å². The molecule has 0 aliphatic rings. The van der Waals surface area contributed by atoms with Crippen molar-refractivity contribution >= 4 is 57.6 Å². The molecule has 0 aliphatic carbocycles. The van der Waals surface area contributed by atoms with E-state index in [4.69, 9.17) is 16.6 Å². The molecule has 0 fully saturated rings. The van der Waals surface area contributed by atoms with Crippen LogP contribution in [0.3, 0.4) is 0 Å². The highest BCUT2D eigenvalue weighted by Crippen LogP contribution is 2.19. The molecule has 0 spiro atoms. The number of benzene rings is 1. The fourth-order valence-electron chi connectivity index (χ4n) is 3.80. The SMILES string of the molecule is CN(Cc1cnc2nc(N)nc(N)c2n1)c1ccc(C(=O)N[C@@H](CCC(=O)O)C(=O)O)cc1.O=c1[nH]cnc2nc[nH]c12. The molecule has 18 heteroatoms. The highest BCUT2D eigenvalue weighted by molar-refractivity contribution is 5.97. The molecule has 0 radical (unpaired) electrons. The maximum Gasteiger partial charge on any atom is 0.326 e. The maximum absolute atomic E-state index is 12.4. The number of nitrogens with one attached hydrogen (secondary N) is 3. The molecule has 4 aromatic heterocycles. The Kier molecular flexibility index (Phi) is 8.99. The van der Waals surface area contributed by atoms with Gasteiger partial charge in [0.2, 0.25) is 5.95 Å². The Morgan fingerprint density at radius 3 is 2.33 bits per heavy atom. The summed E-state index contributed by atoms with van der Waals surface area (Å²) >= 11 is 0. The number of hydrogen-bond donors (Lipinski definition) is 7. The van der Waals surface area contributed by atoms with Crippen molar-refractivity contribution in [2.45, 2.75) is 25.4 Å². The zero-order valence-electron chi connectivity index (χ0n) is 22.6. The lowest BCUT2D eigenvalue weighted by molar-refractivity contribution is -0.140. The number of hydrogen-bond acceptors (Lipinski definition) is 13. The highest BCUT2D eigenvalue weighted by atomic mass is 16.4. The quantitative estimate of drug-likeness (QED) is 0.118. The molecule has 5 aromatic rings. The molecule has 5 rings (SSSR count). The predicted octanol–water partition coefficient (Wildman–Crippen LogP) is -0.0854. The summed E-state index contributed by atoms with van der Waals surface area (Å²) in [6.07, 6.45) is 3.73. The maximum atomic E-state index is 12.4. The molecule has 0 aliphatic heterocycles. The van der Waals surface area contributed by atoms with Crippen LogP contribution in [0.4, 0.5) is 17.5 Å². The van der Waals surface area contributed by atoms with Crippen molar-refractivity contribution in [3.8, 4) is 0 Å². The molecule has 1 atom stereocenters. The van der Waals surface area contributed by atoms with Gasteiger partial charge in [-0.15, -0.1) is 0 Å². The lowest BCUT2D eigenvalue weighted by Gasteiger charge is -2.19. The first-order valence-electron chi connectivity index (χ1n) is 12.5. The first-order valence-corrected chi connectivity index (χ1v) is 12.5. The van der Waals surface area contributed by atoms with Gasteiger partial charge in [-0.1, -0.05) is 0 Å². The van der Waals surface area contributed by atoms with Gasteiger partial charge in [0.05, 0.1) is 31.1 Å². The van der Waals surface area contributed by atoms with Gasteiger partial charge in [0.1, 0.15) is 6.04 Å². The van der Waals surface area contributed by atoms with Crippen molar-refractivity contribution < 1.29 is 24.6 Å². The zero-order valence-corrected chi connectivity index (χ0v) is 22.6. The van der Waals surface area contributed by atoms with Crippen LogP contribution in [-0.4, -0.2) is 81.0 Å². The number of nitrogens with zero attached hydrogens (tertiary/aromatic N) is 7. The molecule has 43 heavy (non-hydrogen) atoms. The van der Waals surface area contributed by atoms with Gasteiger partial charge in [-0.3, -0.25) is 14.4 Å². The number of rotatable bonds is 9. The van der Waals surface area contributed by atoms with Crippen molar-refractivity contribution in [1.29, 1.82) is 0 Å². The zero-order chi connectivity index (χ0) is 31.1. The summed E-state index contributed by atoms with van der Waals surface area (Å²) in [7, 11) is 1.82. The third-order valence-corrected chi connectivity index (χ3v) is 5.95. The van der Waals surface area contributed by atoms with Gasteiger partial charge in [0.15, 0.2) is 28.1 Å². The van der Waals surface area contributed by atoms with Crippen LogP contribution in [0.2, 0.25) is 0 Å². The number of carbonyl (C=O) groups excluding carboxylic acids is 1. The normalized spacial score (nSPS) is 11.4. The number of H-pyrrole nitrogens is 2. The van der Waals surface area contributed by atoms with Gasteiger partial charge in [0.25, 0.3) is 11.5 Å². The Labute approximate surface area is 241 Å². The van der Waals surface area contributed by atoms with E-state index in [0.717, 1.165) is 5.69 Å². The number of aromatic nitrogens is 8. The van der Waals surface area contributed by atoms with E-state index in [1.54, 1.807) is 18.3 Å². The fraction of sp³-hybridized carbons (Fsp3) is 0.200. The van der Waals surface area contributed by atoms with E-state index in [0.29, 0.717) is 34.6 Å². The second kappa shape index (κ2) is 13.0. The van der Waals surface area contributed by atoms with Crippen molar-refractivity contribution in [3.05, 3.63) is 64.7 Å². The summed E-state index contributed by atoms with van der Waals surface area (Å²) in [5.41, 5.74) is 14.3. The number of carbonyl (C=O) groups is 3. The molecular formula is C25H26N12O6. The van der Waals surface area contributed by atoms with E-state index in [2.05, 4.69) is 45.2 Å². The molecule has 222 valence electrons. The number of nitrogen functional groups attached to an aromatic ring is 2. The average Bonchev–Trinajstić information content (AvgIpc) is 3.46. The van der Waals surface area contributed by atoms with Gasteiger partial charge in [-0.25, -0.2) is 24.7 Å². The first-order chi connectivity index (χ1) is 20.5. The molecule has 4 heterocycles. The lowest BCUT2D eigenvalue weighted by atomic mass is 10.1. The van der Waals surface area contributed by atoms with E-state index in [1.807, 2.05) is 11.9 Å². The number of imidazole rings is 1. The standard InChI is InChI=1S/C20H22N8O5.C5H4N4O/c1-28(9-11-8-23-17-15(24-11)16(21)26-20(22)27-17)12-4-2-10(3-5-12)18(31)25-13(19(32)33)6-7-14(29)30;10-5-3-4(7-1-6-3)8-2-9-5/h2-5,8,13H,6-7,9H2,1H3,(H,25,31)(H,29,30)(H,32,33)(H4,21,22,23,26,27);1-2H,(H2,6,7,8,9,10)/t13-;/m0./s1. The Morgan fingerprint density at radius 1 is 0.977 bits per heavy atom. The van der Waals surface area contributed by atoms with Crippen molar-refractivity contribution in [2.24, 2.45) is 0 Å². The average molecular weight is 591 g/mol.